The van der Waals surface area contributed by atoms with Crippen molar-refractivity contribution in [2.75, 3.05) is 53.4 Å². The maximum atomic E-state index is 12.4. The first-order chi connectivity index (χ1) is 13.2. The minimum absolute atomic E-state index is 0. The highest BCUT2D eigenvalue weighted by molar-refractivity contribution is 14.0. The Bertz CT molecular complexity index is 530. The molecule has 1 unspecified atom stereocenters. The molecule has 2 heterocycles. The Kier molecular flexibility index (Phi) is 11.0. The lowest BCUT2D eigenvalue weighted by atomic mass is 9.96. The zero-order valence-electron chi connectivity index (χ0n) is 19.2. The summed E-state index contributed by atoms with van der Waals surface area (Å²) in [7, 11) is 4.08. The van der Waals surface area contributed by atoms with Crippen molar-refractivity contribution >= 4 is 36.0 Å². The van der Waals surface area contributed by atoms with Crippen LogP contribution >= 0.6 is 24.0 Å². The van der Waals surface area contributed by atoms with Crippen molar-refractivity contribution in [3.8, 4) is 0 Å². The first kappa shape index (κ1) is 26.3. The van der Waals surface area contributed by atoms with E-state index < -0.39 is 5.60 Å². The smallest absolute Gasteiger partial charge is 0.410 e. The second-order valence-corrected chi connectivity index (χ2v) is 9.15. The van der Waals surface area contributed by atoms with Crippen LogP contribution in [0.2, 0.25) is 0 Å². The van der Waals surface area contributed by atoms with Crippen LogP contribution in [0.3, 0.4) is 0 Å². The fraction of sp³-hybridized carbons (Fsp3) is 0.905. The predicted octanol–water partition coefficient (Wildman–Crippen LogP) is 3.24. The third-order valence-electron chi connectivity index (χ3n) is 5.81. The molecule has 0 aliphatic carbocycles. The number of likely N-dealkylation sites (N-methyl/N-ethyl adjacent to an activating group) is 1. The number of nitrogens with zero attached hydrogens (tertiary/aromatic N) is 4. The standard InChI is InChI=1S/C21H41N5O2.HI/c1-7-25(20(27)28-21(2,3)4)16-17-10-13-26(14-11-17)19(22-5)23-15-18-9-8-12-24(18)6;/h17-18H,7-16H2,1-6H3,(H,22,23);1H. The van der Waals surface area contributed by atoms with Crippen molar-refractivity contribution in [2.45, 2.75) is 65.0 Å². The van der Waals surface area contributed by atoms with Crippen LogP contribution in [-0.2, 0) is 4.74 Å². The van der Waals surface area contributed by atoms with E-state index in [1.807, 2.05) is 39.6 Å². The van der Waals surface area contributed by atoms with Gasteiger partial charge in [0.15, 0.2) is 5.96 Å². The van der Waals surface area contributed by atoms with E-state index in [4.69, 9.17) is 4.74 Å². The average molecular weight is 524 g/mol. The van der Waals surface area contributed by atoms with E-state index in [1.54, 1.807) is 0 Å². The lowest BCUT2D eigenvalue weighted by molar-refractivity contribution is 0.0214. The molecule has 0 spiro atoms. The first-order valence-corrected chi connectivity index (χ1v) is 10.9. The van der Waals surface area contributed by atoms with Gasteiger partial charge in [0.25, 0.3) is 0 Å². The summed E-state index contributed by atoms with van der Waals surface area (Å²) in [5, 5.41) is 3.57. The van der Waals surface area contributed by atoms with Gasteiger partial charge >= 0.3 is 6.09 Å². The molecular formula is C21H42IN5O2. The number of carbonyl (C=O) groups is 1. The number of likely N-dealkylation sites (tertiary alicyclic amines) is 2. The summed E-state index contributed by atoms with van der Waals surface area (Å²) in [5.41, 5.74) is -0.445. The molecule has 1 N–H and O–H groups in total. The van der Waals surface area contributed by atoms with Crippen LogP contribution in [0.5, 0.6) is 0 Å². The summed E-state index contributed by atoms with van der Waals surface area (Å²) < 4.78 is 5.54. The van der Waals surface area contributed by atoms with Gasteiger partial charge in [-0.15, -0.1) is 24.0 Å². The van der Waals surface area contributed by atoms with Crippen molar-refractivity contribution in [1.82, 2.24) is 20.0 Å². The normalized spacial score (nSPS) is 21.7. The number of hydrogen-bond donors (Lipinski definition) is 1. The third-order valence-corrected chi connectivity index (χ3v) is 5.81. The van der Waals surface area contributed by atoms with E-state index in [2.05, 4.69) is 27.2 Å². The summed E-state index contributed by atoms with van der Waals surface area (Å²) in [6.45, 7) is 13.4. The Morgan fingerprint density at radius 2 is 1.86 bits per heavy atom. The topological polar surface area (TPSA) is 60.4 Å². The Morgan fingerprint density at radius 3 is 2.34 bits per heavy atom. The Balaban J connectivity index is 0.00000420. The molecule has 2 saturated heterocycles. The molecule has 0 bridgehead atoms. The molecule has 8 heteroatoms. The van der Waals surface area contributed by atoms with Crippen molar-refractivity contribution in [1.29, 1.82) is 0 Å². The van der Waals surface area contributed by atoms with Gasteiger partial charge in [0.1, 0.15) is 5.60 Å². The van der Waals surface area contributed by atoms with Gasteiger partial charge in [-0.2, -0.15) is 0 Å². The number of aliphatic imine (C=N–C) groups is 1. The van der Waals surface area contributed by atoms with Gasteiger partial charge in [-0.3, -0.25) is 4.99 Å². The number of nitrogens with one attached hydrogen (secondary N) is 1. The van der Waals surface area contributed by atoms with Gasteiger partial charge < -0.3 is 24.8 Å². The lowest BCUT2D eigenvalue weighted by Gasteiger charge is -2.37. The van der Waals surface area contributed by atoms with Crippen LogP contribution in [0.4, 0.5) is 4.79 Å². The molecule has 2 aliphatic heterocycles. The number of carbonyl (C=O) groups excluding carboxylic acids is 1. The lowest BCUT2D eigenvalue weighted by Crippen LogP contribution is -2.50. The highest BCUT2D eigenvalue weighted by Gasteiger charge is 2.28. The number of halogens is 1. The molecule has 0 aromatic carbocycles. The van der Waals surface area contributed by atoms with Crippen LogP contribution in [0.1, 0.15) is 53.4 Å². The SMILES string of the molecule is CCN(CC1CCN(C(=NC)NCC2CCCN2C)CC1)C(=O)OC(C)(C)C.I. The summed E-state index contributed by atoms with van der Waals surface area (Å²) in [6.07, 6.45) is 4.50. The average Bonchev–Trinajstić information content (AvgIpc) is 3.04. The molecule has 0 saturated carbocycles. The summed E-state index contributed by atoms with van der Waals surface area (Å²) in [4.78, 5) is 23.5. The van der Waals surface area contributed by atoms with Crippen LogP contribution < -0.4 is 5.32 Å². The van der Waals surface area contributed by atoms with E-state index in [0.29, 0.717) is 18.5 Å². The van der Waals surface area contributed by atoms with Gasteiger partial charge in [-0.25, -0.2) is 4.79 Å². The van der Waals surface area contributed by atoms with Crippen molar-refractivity contribution < 1.29 is 9.53 Å². The molecule has 0 aromatic heterocycles. The molecule has 2 aliphatic rings. The fourth-order valence-corrected chi connectivity index (χ4v) is 4.08. The highest BCUT2D eigenvalue weighted by Crippen LogP contribution is 2.20. The van der Waals surface area contributed by atoms with Crippen molar-refractivity contribution in [3.63, 3.8) is 0 Å². The quantitative estimate of drug-likeness (QED) is 0.341. The number of ether oxygens (including phenoxy) is 1. The Labute approximate surface area is 194 Å². The monoisotopic (exact) mass is 523 g/mol. The van der Waals surface area contributed by atoms with Crippen molar-refractivity contribution in [3.05, 3.63) is 0 Å². The van der Waals surface area contributed by atoms with Gasteiger partial charge in [0.05, 0.1) is 0 Å². The fourth-order valence-electron chi connectivity index (χ4n) is 4.08. The number of guanidine groups is 1. The van der Waals surface area contributed by atoms with E-state index in [1.165, 1.54) is 19.4 Å². The van der Waals surface area contributed by atoms with Crippen molar-refractivity contribution in [2.24, 2.45) is 10.9 Å². The molecule has 1 amide bonds. The van der Waals surface area contributed by atoms with Gasteiger partial charge in [-0.05, 0) is 72.9 Å². The predicted molar refractivity (Wildman–Crippen MR) is 130 cm³/mol. The molecular weight excluding hydrogens is 481 g/mol. The molecule has 0 radical (unpaired) electrons. The molecule has 7 nitrogen and oxygen atoms in total. The highest BCUT2D eigenvalue weighted by atomic mass is 127. The molecule has 170 valence electrons. The van der Waals surface area contributed by atoms with Crippen LogP contribution in [0.25, 0.3) is 0 Å². The van der Waals surface area contributed by atoms with Crippen LogP contribution in [0, 0.1) is 5.92 Å². The zero-order chi connectivity index (χ0) is 20.7. The Morgan fingerprint density at radius 1 is 1.21 bits per heavy atom. The van der Waals surface area contributed by atoms with Crippen LogP contribution in [0.15, 0.2) is 4.99 Å². The summed E-state index contributed by atoms with van der Waals surface area (Å²) >= 11 is 0. The van der Waals surface area contributed by atoms with E-state index in [0.717, 1.165) is 45.0 Å². The second kappa shape index (κ2) is 12.2. The van der Waals surface area contributed by atoms with Crippen LogP contribution in [-0.4, -0.2) is 91.8 Å². The number of piperidine rings is 1. The summed E-state index contributed by atoms with van der Waals surface area (Å²) in [6, 6.07) is 0.612. The van der Waals surface area contributed by atoms with Gasteiger partial charge in [0, 0.05) is 45.8 Å². The molecule has 2 rings (SSSR count). The minimum atomic E-state index is -0.445. The Hall–Kier alpha value is -0.770. The molecule has 1 atom stereocenters. The maximum absolute atomic E-state index is 12.4. The number of amides is 1. The second-order valence-electron chi connectivity index (χ2n) is 9.15. The number of rotatable bonds is 5. The van der Waals surface area contributed by atoms with E-state index >= 15 is 0 Å². The van der Waals surface area contributed by atoms with Gasteiger partial charge in [-0.1, -0.05) is 0 Å². The molecule has 2 fully saturated rings. The third kappa shape index (κ3) is 8.47. The first-order valence-electron chi connectivity index (χ1n) is 10.9. The van der Waals surface area contributed by atoms with E-state index in [9.17, 15) is 4.79 Å². The maximum Gasteiger partial charge on any atom is 0.410 e. The molecule has 29 heavy (non-hydrogen) atoms. The minimum Gasteiger partial charge on any atom is -0.444 e. The van der Waals surface area contributed by atoms with Gasteiger partial charge in [0.2, 0.25) is 0 Å². The number of hydrogen-bond acceptors (Lipinski definition) is 4. The zero-order valence-corrected chi connectivity index (χ0v) is 21.6. The summed E-state index contributed by atoms with van der Waals surface area (Å²) in [5.74, 6) is 1.53. The van der Waals surface area contributed by atoms with E-state index in [-0.39, 0.29) is 30.1 Å². The molecule has 0 aromatic rings. The largest absolute Gasteiger partial charge is 0.444 e.